The zero-order chi connectivity index (χ0) is 14.1. The minimum Gasteiger partial charge on any atom is -0.232 e. The largest absolute Gasteiger partial charge is 0.232 e. The Morgan fingerprint density at radius 1 is 1.30 bits per heavy atom. The van der Waals surface area contributed by atoms with E-state index in [1.54, 1.807) is 17.4 Å². The van der Waals surface area contributed by atoms with Crippen LogP contribution in [0.15, 0.2) is 29.6 Å². The molecule has 98 valence electrons. The van der Waals surface area contributed by atoms with Crippen LogP contribution in [0.3, 0.4) is 0 Å². The van der Waals surface area contributed by atoms with E-state index in [1.807, 2.05) is 18.2 Å². The third-order valence-electron chi connectivity index (χ3n) is 3.25. The maximum absolute atomic E-state index is 9.00. The molecule has 0 amide bonds. The van der Waals surface area contributed by atoms with Gasteiger partial charge in [0.25, 0.3) is 0 Å². The van der Waals surface area contributed by atoms with Gasteiger partial charge in [-0.1, -0.05) is 19.1 Å². The molecular formula is C16H13N3S. The van der Waals surface area contributed by atoms with Crippen molar-refractivity contribution in [1.82, 2.24) is 9.97 Å². The van der Waals surface area contributed by atoms with Crippen LogP contribution in [0.2, 0.25) is 0 Å². The smallest absolute Gasteiger partial charge is 0.160 e. The molecule has 0 radical (unpaired) electrons. The molecule has 0 unspecified atom stereocenters. The Morgan fingerprint density at radius 3 is 2.90 bits per heavy atom. The highest BCUT2D eigenvalue weighted by atomic mass is 32.1. The lowest BCUT2D eigenvalue weighted by atomic mass is 10.1. The highest BCUT2D eigenvalue weighted by Crippen LogP contribution is 2.29. The van der Waals surface area contributed by atoms with Crippen molar-refractivity contribution in [2.24, 2.45) is 0 Å². The van der Waals surface area contributed by atoms with Crippen molar-refractivity contribution in [3.05, 3.63) is 46.5 Å². The predicted octanol–water partition coefficient (Wildman–Crippen LogP) is 4.10. The molecule has 0 aliphatic carbocycles. The van der Waals surface area contributed by atoms with Gasteiger partial charge in [0.2, 0.25) is 0 Å². The number of nitriles is 1. The van der Waals surface area contributed by atoms with E-state index < -0.39 is 0 Å². The van der Waals surface area contributed by atoms with Crippen molar-refractivity contribution < 1.29 is 0 Å². The molecule has 0 aliphatic heterocycles. The van der Waals surface area contributed by atoms with Crippen molar-refractivity contribution in [3.63, 3.8) is 0 Å². The van der Waals surface area contributed by atoms with Crippen molar-refractivity contribution in [2.45, 2.75) is 20.3 Å². The average molecular weight is 279 g/mol. The molecule has 0 atom stereocenters. The van der Waals surface area contributed by atoms with Crippen LogP contribution in [0.1, 0.15) is 23.7 Å². The van der Waals surface area contributed by atoms with E-state index in [-0.39, 0.29) is 0 Å². The number of aromatic nitrogens is 2. The number of nitrogens with zero attached hydrogens (tertiary/aromatic N) is 3. The van der Waals surface area contributed by atoms with Gasteiger partial charge < -0.3 is 0 Å². The van der Waals surface area contributed by atoms with E-state index in [9.17, 15) is 0 Å². The third kappa shape index (κ3) is 2.06. The van der Waals surface area contributed by atoms with Crippen molar-refractivity contribution >= 4 is 21.6 Å². The van der Waals surface area contributed by atoms with Crippen LogP contribution in [-0.4, -0.2) is 9.97 Å². The molecule has 0 spiro atoms. The average Bonchev–Trinajstić information content (AvgIpc) is 2.88. The van der Waals surface area contributed by atoms with Crippen LogP contribution in [0.5, 0.6) is 0 Å². The molecule has 3 rings (SSSR count). The van der Waals surface area contributed by atoms with Gasteiger partial charge in [0.15, 0.2) is 5.82 Å². The maximum Gasteiger partial charge on any atom is 0.160 e. The fourth-order valence-electron chi connectivity index (χ4n) is 2.19. The molecule has 1 aromatic carbocycles. The second-order valence-electron chi connectivity index (χ2n) is 4.64. The number of hydrogen-bond donors (Lipinski definition) is 0. The lowest BCUT2D eigenvalue weighted by molar-refractivity contribution is 1.04. The molecule has 0 fully saturated rings. The lowest BCUT2D eigenvalue weighted by Crippen LogP contribution is -1.96. The first-order valence-electron chi connectivity index (χ1n) is 6.48. The number of aryl methyl sites for hydroxylation is 2. The molecule has 2 aromatic heterocycles. The predicted molar refractivity (Wildman–Crippen MR) is 81.7 cm³/mol. The minimum absolute atomic E-state index is 0.631. The second kappa shape index (κ2) is 5.03. The van der Waals surface area contributed by atoms with Gasteiger partial charge in [-0.25, -0.2) is 9.97 Å². The number of hydrogen-bond acceptors (Lipinski definition) is 4. The summed E-state index contributed by atoms with van der Waals surface area (Å²) in [5.74, 6) is 0.702. The number of benzene rings is 1. The van der Waals surface area contributed by atoms with Gasteiger partial charge in [0.1, 0.15) is 0 Å². The van der Waals surface area contributed by atoms with E-state index in [4.69, 9.17) is 5.26 Å². The molecule has 4 heteroatoms. The van der Waals surface area contributed by atoms with E-state index in [2.05, 4.69) is 35.3 Å². The van der Waals surface area contributed by atoms with Gasteiger partial charge in [-0.15, -0.1) is 11.3 Å². The molecule has 0 aliphatic rings. The zero-order valence-electron chi connectivity index (χ0n) is 11.3. The first-order chi connectivity index (χ1) is 9.72. The molecule has 20 heavy (non-hydrogen) atoms. The zero-order valence-corrected chi connectivity index (χ0v) is 12.2. The van der Waals surface area contributed by atoms with Gasteiger partial charge in [-0.05, 0) is 36.4 Å². The van der Waals surface area contributed by atoms with Crippen LogP contribution < -0.4 is 0 Å². The Balaban J connectivity index is 2.25. The normalized spacial score (nSPS) is 10.7. The van der Waals surface area contributed by atoms with Crippen molar-refractivity contribution in [1.29, 1.82) is 5.26 Å². The summed E-state index contributed by atoms with van der Waals surface area (Å²) in [6.07, 6.45) is 0.879. The van der Waals surface area contributed by atoms with E-state index >= 15 is 0 Å². The molecule has 3 nitrogen and oxygen atoms in total. The Kier molecular flexibility index (Phi) is 3.21. The topological polar surface area (TPSA) is 49.6 Å². The molecule has 0 bridgehead atoms. The van der Waals surface area contributed by atoms with Crippen LogP contribution in [0, 0.1) is 18.3 Å². The summed E-state index contributed by atoms with van der Waals surface area (Å²) >= 11 is 1.70. The lowest BCUT2D eigenvalue weighted by Gasteiger charge is -2.05. The monoisotopic (exact) mass is 279 g/mol. The maximum atomic E-state index is 9.00. The third-order valence-corrected chi connectivity index (χ3v) is 4.38. The van der Waals surface area contributed by atoms with Gasteiger partial charge >= 0.3 is 0 Å². The Labute approximate surface area is 121 Å². The van der Waals surface area contributed by atoms with Crippen molar-refractivity contribution in [2.75, 3.05) is 0 Å². The molecular weight excluding hydrogens is 266 g/mol. The molecule has 0 N–H and O–H groups in total. The first-order valence-corrected chi connectivity index (χ1v) is 7.36. The summed E-state index contributed by atoms with van der Waals surface area (Å²) < 4.78 is 1.17. The van der Waals surface area contributed by atoms with Gasteiger partial charge in [-0.2, -0.15) is 5.26 Å². The summed E-state index contributed by atoms with van der Waals surface area (Å²) in [4.78, 5) is 9.35. The fourth-order valence-corrected chi connectivity index (χ4v) is 3.24. The van der Waals surface area contributed by atoms with Crippen LogP contribution in [0.25, 0.3) is 21.6 Å². The molecule has 2 heterocycles. The summed E-state index contributed by atoms with van der Waals surface area (Å²) in [7, 11) is 0. The molecule has 0 saturated carbocycles. The molecule has 0 saturated heterocycles. The van der Waals surface area contributed by atoms with Gasteiger partial charge in [0.05, 0.1) is 27.5 Å². The summed E-state index contributed by atoms with van der Waals surface area (Å²) in [5.41, 5.74) is 4.81. The van der Waals surface area contributed by atoms with E-state index in [0.29, 0.717) is 11.4 Å². The SMILES string of the molecule is CCc1nc(-c2cccc(C#N)c2)nc2c(C)csc12. The second-order valence-corrected chi connectivity index (χ2v) is 5.52. The Morgan fingerprint density at radius 2 is 2.15 bits per heavy atom. The number of rotatable bonds is 2. The van der Waals surface area contributed by atoms with Crippen LogP contribution >= 0.6 is 11.3 Å². The first kappa shape index (κ1) is 12.8. The number of fused-ring (bicyclic) bond motifs is 1. The van der Waals surface area contributed by atoms with E-state index in [1.165, 1.54) is 10.3 Å². The summed E-state index contributed by atoms with van der Waals surface area (Å²) in [5, 5.41) is 11.1. The Bertz CT molecular complexity index is 827. The summed E-state index contributed by atoms with van der Waals surface area (Å²) in [6.45, 7) is 4.17. The van der Waals surface area contributed by atoms with Crippen LogP contribution in [-0.2, 0) is 6.42 Å². The minimum atomic E-state index is 0.631. The molecule has 3 aromatic rings. The standard InChI is InChI=1S/C16H13N3S/c1-3-13-15-14(10(2)9-20-15)19-16(18-13)12-6-4-5-11(7-12)8-17/h4-7,9H,3H2,1-2H3. The summed E-state index contributed by atoms with van der Waals surface area (Å²) in [6, 6.07) is 9.60. The van der Waals surface area contributed by atoms with Crippen LogP contribution in [0.4, 0.5) is 0 Å². The van der Waals surface area contributed by atoms with Crippen molar-refractivity contribution in [3.8, 4) is 17.5 Å². The van der Waals surface area contributed by atoms with E-state index in [0.717, 1.165) is 23.2 Å². The highest BCUT2D eigenvalue weighted by molar-refractivity contribution is 7.17. The quantitative estimate of drug-likeness (QED) is 0.709. The highest BCUT2D eigenvalue weighted by Gasteiger charge is 2.12. The van der Waals surface area contributed by atoms with Gasteiger partial charge in [-0.3, -0.25) is 0 Å². The Hall–Kier alpha value is -2.25. The number of thiophene rings is 1. The van der Waals surface area contributed by atoms with Gasteiger partial charge in [0, 0.05) is 5.56 Å². The fraction of sp³-hybridized carbons (Fsp3) is 0.188.